The van der Waals surface area contributed by atoms with Gasteiger partial charge in [0.15, 0.2) is 5.41 Å². The number of esters is 2. The number of hydrogen-bond acceptors (Lipinski definition) is 7. The van der Waals surface area contributed by atoms with Gasteiger partial charge in [0.25, 0.3) is 0 Å². The Bertz CT molecular complexity index is 1190. The van der Waals surface area contributed by atoms with Gasteiger partial charge in [0.2, 0.25) is 0 Å². The molecule has 0 fully saturated rings. The number of rotatable bonds is 4. The first kappa shape index (κ1) is 23.5. The highest BCUT2D eigenvalue weighted by Crippen LogP contribution is 2.59. The summed E-state index contributed by atoms with van der Waals surface area (Å²) in [5.74, 6) is -8.07. The third-order valence-electron chi connectivity index (χ3n) is 6.02. The molecule has 0 amide bonds. The molecule has 1 N–H and O–H groups in total. The van der Waals surface area contributed by atoms with Crippen LogP contribution in [0.2, 0.25) is 0 Å². The first-order chi connectivity index (χ1) is 15.8. The third kappa shape index (κ3) is 3.70. The second-order valence-corrected chi connectivity index (χ2v) is 7.73. The van der Waals surface area contributed by atoms with Gasteiger partial charge in [-0.15, -0.1) is 0 Å². The molecule has 0 radical (unpaired) electrons. The van der Waals surface area contributed by atoms with Crippen molar-refractivity contribution in [3.63, 3.8) is 0 Å². The average molecular weight is 448 g/mol. The van der Waals surface area contributed by atoms with E-state index in [4.69, 9.17) is 9.47 Å². The summed E-state index contributed by atoms with van der Waals surface area (Å²) in [6.07, 6.45) is 0. The maximum atomic E-state index is 15.0. The van der Waals surface area contributed by atoms with Crippen LogP contribution in [0.1, 0.15) is 28.5 Å². The quantitative estimate of drug-likeness (QED) is 0.706. The number of aryl methyl sites for hydroxylation is 1. The number of methoxy groups -OCH3 is 2. The molecule has 0 aromatic heterocycles. The second kappa shape index (κ2) is 9.13. The van der Waals surface area contributed by atoms with Crippen LogP contribution in [0.3, 0.4) is 0 Å². The van der Waals surface area contributed by atoms with Gasteiger partial charge in [-0.1, -0.05) is 48.0 Å². The van der Waals surface area contributed by atoms with E-state index in [1.807, 2.05) is 19.1 Å². The summed E-state index contributed by atoms with van der Waals surface area (Å²) < 4.78 is 24.7. The molecule has 3 rings (SSSR count). The number of nitrogens with zero attached hydrogens (tertiary/aromatic N) is 2. The maximum absolute atomic E-state index is 15.0. The first-order valence-corrected chi connectivity index (χ1v) is 10.00. The topological polar surface area (TPSA) is 120 Å². The van der Waals surface area contributed by atoms with Crippen LogP contribution in [0.25, 0.3) is 0 Å². The average Bonchev–Trinajstić information content (AvgIpc) is 2.83. The summed E-state index contributed by atoms with van der Waals surface area (Å²) in [4.78, 5) is 25.7. The van der Waals surface area contributed by atoms with Crippen molar-refractivity contribution in [3.05, 3.63) is 82.4 Å². The zero-order valence-electron chi connectivity index (χ0n) is 18.2. The Kier molecular flexibility index (Phi) is 6.50. The molecule has 0 unspecified atom stereocenters. The minimum Gasteiger partial charge on any atom is -0.511 e. The van der Waals surface area contributed by atoms with Gasteiger partial charge < -0.3 is 14.6 Å². The minimum absolute atomic E-state index is 0.136. The van der Waals surface area contributed by atoms with E-state index in [2.05, 4.69) is 0 Å². The third-order valence-corrected chi connectivity index (χ3v) is 6.02. The van der Waals surface area contributed by atoms with Gasteiger partial charge in [0.05, 0.1) is 37.8 Å². The number of halogens is 1. The van der Waals surface area contributed by atoms with Gasteiger partial charge in [-0.05, 0) is 24.1 Å². The molecule has 168 valence electrons. The Morgan fingerprint density at radius 2 is 1.64 bits per heavy atom. The monoisotopic (exact) mass is 448 g/mol. The van der Waals surface area contributed by atoms with Crippen molar-refractivity contribution in [1.82, 2.24) is 0 Å². The molecule has 0 heterocycles. The van der Waals surface area contributed by atoms with Crippen LogP contribution in [0.5, 0.6) is 0 Å². The second-order valence-electron chi connectivity index (χ2n) is 7.73. The summed E-state index contributed by atoms with van der Waals surface area (Å²) in [6.45, 7) is 1.83. The SMILES string of the molecule is COC(=O)C1=C(O)[C@H](C(=O)OC)[C@@H](c2ccccc2F)C(C#N)(C#N)[C@@H]1c1ccc(C)cc1. The number of benzene rings is 2. The highest BCUT2D eigenvalue weighted by atomic mass is 19.1. The van der Waals surface area contributed by atoms with Crippen LogP contribution in [0, 0.1) is 46.7 Å². The first-order valence-electron chi connectivity index (χ1n) is 10.00. The molecule has 33 heavy (non-hydrogen) atoms. The number of ether oxygens (including phenoxy) is 2. The molecule has 8 heteroatoms. The molecule has 0 spiro atoms. The van der Waals surface area contributed by atoms with Gasteiger partial charge in [0, 0.05) is 5.92 Å². The van der Waals surface area contributed by atoms with E-state index in [-0.39, 0.29) is 5.56 Å². The Morgan fingerprint density at radius 1 is 1.03 bits per heavy atom. The molecule has 3 atom stereocenters. The smallest absolute Gasteiger partial charge is 0.337 e. The van der Waals surface area contributed by atoms with Gasteiger partial charge in [-0.25, -0.2) is 9.18 Å². The van der Waals surface area contributed by atoms with Gasteiger partial charge in [0.1, 0.15) is 17.5 Å². The number of aliphatic hydroxyl groups excluding tert-OH is 1. The largest absolute Gasteiger partial charge is 0.511 e. The van der Waals surface area contributed by atoms with Crippen LogP contribution in [-0.4, -0.2) is 31.3 Å². The molecule has 1 aliphatic carbocycles. The van der Waals surface area contributed by atoms with Crippen molar-refractivity contribution in [2.24, 2.45) is 11.3 Å². The van der Waals surface area contributed by atoms with E-state index >= 15 is 4.39 Å². The van der Waals surface area contributed by atoms with E-state index in [9.17, 15) is 25.2 Å². The van der Waals surface area contributed by atoms with Crippen LogP contribution in [-0.2, 0) is 19.1 Å². The number of carbonyl (C=O) groups is 2. The fraction of sp³-hybridized carbons (Fsp3) is 0.280. The summed E-state index contributed by atoms with van der Waals surface area (Å²) >= 11 is 0. The van der Waals surface area contributed by atoms with Gasteiger partial charge in [-0.2, -0.15) is 10.5 Å². The fourth-order valence-corrected chi connectivity index (χ4v) is 4.48. The summed E-state index contributed by atoms with van der Waals surface area (Å²) in [7, 11) is 2.13. The molecule has 2 aromatic carbocycles. The molecule has 0 bridgehead atoms. The van der Waals surface area contributed by atoms with E-state index < -0.39 is 52.3 Å². The Labute approximate surface area is 190 Å². The van der Waals surface area contributed by atoms with E-state index in [1.54, 1.807) is 24.3 Å². The standard InChI is InChI=1S/C25H21FN2O5/c1-14-8-10-15(11-9-14)20-18(23(30)32-2)22(29)19(24(31)33-3)21(25(20,12-27)13-28)16-6-4-5-7-17(16)26/h4-11,19-21,29H,1-3H3/t19-,20-,21-/m1/s1. The molecule has 1 aliphatic rings. The van der Waals surface area contributed by atoms with Crippen molar-refractivity contribution < 1.29 is 28.6 Å². The number of carbonyl (C=O) groups excluding carboxylic acids is 2. The van der Waals surface area contributed by atoms with E-state index in [0.717, 1.165) is 25.8 Å². The van der Waals surface area contributed by atoms with Crippen LogP contribution in [0.4, 0.5) is 4.39 Å². The molecule has 0 saturated heterocycles. The Morgan fingerprint density at radius 3 is 2.15 bits per heavy atom. The lowest BCUT2D eigenvalue weighted by Gasteiger charge is -2.44. The maximum Gasteiger partial charge on any atom is 0.337 e. The summed E-state index contributed by atoms with van der Waals surface area (Å²) in [6, 6.07) is 15.9. The van der Waals surface area contributed by atoms with Crippen molar-refractivity contribution in [2.75, 3.05) is 14.2 Å². The number of hydrogen-bond donors (Lipinski definition) is 1. The zero-order chi connectivity index (χ0) is 24.3. The lowest BCUT2D eigenvalue weighted by atomic mass is 9.54. The van der Waals surface area contributed by atoms with Crippen molar-refractivity contribution in [2.45, 2.75) is 18.8 Å². The van der Waals surface area contributed by atoms with Crippen molar-refractivity contribution in [3.8, 4) is 12.1 Å². The van der Waals surface area contributed by atoms with Crippen molar-refractivity contribution >= 4 is 11.9 Å². The van der Waals surface area contributed by atoms with E-state index in [0.29, 0.717) is 5.56 Å². The predicted octanol–water partition coefficient (Wildman–Crippen LogP) is 3.82. The minimum atomic E-state index is -2.17. The zero-order valence-corrected chi connectivity index (χ0v) is 18.2. The lowest BCUT2D eigenvalue weighted by Crippen LogP contribution is -2.47. The molecule has 0 aliphatic heterocycles. The van der Waals surface area contributed by atoms with Gasteiger partial charge in [-0.3, -0.25) is 4.79 Å². The number of nitriles is 2. The molecular formula is C25H21FN2O5. The van der Waals surface area contributed by atoms with E-state index in [1.165, 1.54) is 18.2 Å². The van der Waals surface area contributed by atoms with Crippen LogP contribution < -0.4 is 0 Å². The highest BCUT2D eigenvalue weighted by Gasteiger charge is 2.62. The van der Waals surface area contributed by atoms with Crippen LogP contribution in [0.15, 0.2) is 59.9 Å². The molecular weight excluding hydrogens is 427 g/mol. The molecule has 2 aromatic rings. The van der Waals surface area contributed by atoms with Crippen molar-refractivity contribution in [1.29, 1.82) is 10.5 Å². The lowest BCUT2D eigenvalue weighted by molar-refractivity contribution is -0.147. The Balaban J connectivity index is 2.51. The normalized spacial score (nSPS) is 21.5. The fourth-order valence-electron chi connectivity index (χ4n) is 4.48. The number of aliphatic hydroxyl groups is 1. The summed E-state index contributed by atoms with van der Waals surface area (Å²) in [5.41, 5.74) is -1.51. The van der Waals surface area contributed by atoms with Crippen LogP contribution >= 0.6 is 0 Å². The Hall–Kier alpha value is -4.17. The highest BCUT2D eigenvalue weighted by molar-refractivity contribution is 5.94. The summed E-state index contributed by atoms with van der Waals surface area (Å²) in [5, 5.41) is 32.0. The predicted molar refractivity (Wildman–Crippen MR) is 114 cm³/mol. The van der Waals surface area contributed by atoms with Gasteiger partial charge >= 0.3 is 11.9 Å². The molecule has 7 nitrogen and oxygen atoms in total. The molecule has 0 saturated carbocycles.